The maximum Gasteiger partial charge on any atom is 0.338 e. The first-order chi connectivity index (χ1) is 15.5. The number of methoxy groups -OCH3 is 1. The Kier molecular flexibility index (Phi) is 8.00. The lowest BCUT2D eigenvalue weighted by Crippen LogP contribution is -2.46. The number of benzene rings is 2. The minimum atomic E-state index is -0.783. The predicted octanol–water partition coefficient (Wildman–Crippen LogP) is 4.90. The minimum absolute atomic E-state index is 0.214. The highest BCUT2D eigenvalue weighted by Crippen LogP contribution is 2.40. The van der Waals surface area contributed by atoms with Gasteiger partial charge in [0.2, 0.25) is 0 Å². The Bertz CT molecular complexity index is 1010. The number of carbonyl (C=O) groups is 2. The van der Waals surface area contributed by atoms with Crippen LogP contribution in [0.15, 0.2) is 53.7 Å². The summed E-state index contributed by atoms with van der Waals surface area (Å²) in [4.78, 5) is 25.1. The van der Waals surface area contributed by atoms with Crippen molar-refractivity contribution in [3.63, 3.8) is 0 Å². The molecule has 0 saturated heterocycles. The van der Waals surface area contributed by atoms with Crippen molar-refractivity contribution in [1.82, 2.24) is 10.6 Å². The van der Waals surface area contributed by atoms with E-state index < -0.39 is 18.0 Å². The Balaban J connectivity index is 1.99. The molecule has 170 valence electrons. The topological polar surface area (TPSA) is 85.9 Å². The maximum atomic E-state index is 12.8. The number of esters is 1. The molecule has 2 aromatic rings. The molecule has 0 aliphatic carbocycles. The van der Waals surface area contributed by atoms with Crippen LogP contribution in [0.2, 0.25) is 5.02 Å². The third-order valence-electron chi connectivity index (χ3n) is 4.98. The van der Waals surface area contributed by atoms with Crippen molar-refractivity contribution < 1.29 is 23.8 Å². The number of amides is 2. The van der Waals surface area contributed by atoms with Crippen LogP contribution in [0, 0.1) is 0 Å². The van der Waals surface area contributed by atoms with Crippen molar-refractivity contribution in [3.8, 4) is 11.5 Å². The van der Waals surface area contributed by atoms with Crippen LogP contribution in [-0.2, 0) is 16.1 Å². The number of ether oxygens (including phenoxy) is 3. The molecule has 1 atom stereocenters. The molecule has 3 rings (SSSR count). The van der Waals surface area contributed by atoms with Crippen molar-refractivity contribution in [2.75, 3.05) is 13.7 Å². The third-order valence-corrected chi connectivity index (χ3v) is 5.31. The lowest BCUT2D eigenvalue weighted by molar-refractivity contribution is -0.139. The van der Waals surface area contributed by atoms with E-state index in [1.165, 1.54) is 7.11 Å². The lowest BCUT2D eigenvalue weighted by atomic mass is 9.93. The molecule has 2 aromatic carbocycles. The fraction of sp³-hybridized carbons (Fsp3) is 0.333. The summed E-state index contributed by atoms with van der Waals surface area (Å²) < 4.78 is 16.7. The SMILES string of the molecule is CCCC1=C(C(=O)OCC)[C@@H](c2cc(OC)c(OCc3ccccc3)cc2Cl)NC(=O)N1. The van der Waals surface area contributed by atoms with Gasteiger partial charge in [0.25, 0.3) is 0 Å². The van der Waals surface area contributed by atoms with Gasteiger partial charge < -0.3 is 24.8 Å². The molecule has 1 aliphatic rings. The van der Waals surface area contributed by atoms with Crippen LogP contribution in [0.5, 0.6) is 11.5 Å². The zero-order valence-corrected chi connectivity index (χ0v) is 19.1. The van der Waals surface area contributed by atoms with E-state index in [2.05, 4.69) is 10.6 Å². The largest absolute Gasteiger partial charge is 0.493 e. The van der Waals surface area contributed by atoms with Crippen LogP contribution < -0.4 is 20.1 Å². The van der Waals surface area contributed by atoms with Crippen LogP contribution in [0.4, 0.5) is 4.79 Å². The highest BCUT2D eigenvalue weighted by Gasteiger charge is 2.35. The predicted molar refractivity (Wildman–Crippen MR) is 122 cm³/mol. The highest BCUT2D eigenvalue weighted by atomic mass is 35.5. The Morgan fingerprint density at radius 3 is 2.53 bits per heavy atom. The molecule has 0 bridgehead atoms. The first kappa shape index (κ1) is 23.5. The molecule has 8 heteroatoms. The Morgan fingerprint density at radius 2 is 1.88 bits per heavy atom. The van der Waals surface area contributed by atoms with Crippen LogP contribution in [-0.4, -0.2) is 25.7 Å². The summed E-state index contributed by atoms with van der Waals surface area (Å²) >= 11 is 6.61. The second-order valence-electron chi connectivity index (χ2n) is 7.19. The van der Waals surface area contributed by atoms with E-state index >= 15 is 0 Å². The number of hydrogen-bond donors (Lipinski definition) is 2. The van der Waals surface area contributed by atoms with Gasteiger partial charge in [-0.25, -0.2) is 9.59 Å². The Morgan fingerprint density at radius 1 is 1.12 bits per heavy atom. The second-order valence-corrected chi connectivity index (χ2v) is 7.60. The first-order valence-corrected chi connectivity index (χ1v) is 10.9. The lowest BCUT2D eigenvalue weighted by Gasteiger charge is -2.30. The summed E-state index contributed by atoms with van der Waals surface area (Å²) in [6, 6.07) is 11.8. The van der Waals surface area contributed by atoms with Gasteiger partial charge in [-0.15, -0.1) is 0 Å². The van der Waals surface area contributed by atoms with E-state index in [0.29, 0.717) is 46.4 Å². The van der Waals surface area contributed by atoms with Crippen molar-refractivity contribution in [1.29, 1.82) is 0 Å². The van der Waals surface area contributed by atoms with Gasteiger partial charge in [0.05, 0.1) is 30.4 Å². The van der Waals surface area contributed by atoms with Gasteiger partial charge in [-0.05, 0) is 25.0 Å². The summed E-state index contributed by atoms with van der Waals surface area (Å²) in [6.07, 6.45) is 1.26. The number of carbonyl (C=O) groups excluding carboxylic acids is 2. The van der Waals surface area contributed by atoms with Crippen molar-refractivity contribution in [2.24, 2.45) is 0 Å². The number of nitrogens with one attached hydrogen (secondary N) is 2. The molecule has 32 heavy (non-hydrogen) atoms. The van der Waals surface area contributed by atoms with Crippen LogP contribution in [0.25, 0.3) is 0 Å². The van der Waals surface area contributed by atoms with Gasteiger partial charge >= 0.3 is 12.0 Å². The van der Waals surface area contributed by atoms with E-state index in [1.807, 2.05) is 37.3 Å². The molecule has 0 spiro atoms. The Hall–Kier alpha value is -3.19. The number of allylic oxidation sites excluding steroid dienone is 1. The average Bonchev–Trinajstić information content (AvgIpc) is 2.78. The number of urea groups is 1. The smallest absolute Gasteiger partial charge is 0.338 e. The summed E-state index contributed by atoms with van der Waals surface area (Å²) in [6.45, 7) is 4.25. The van der Waals surface area contributed by atoms with Crippen molar-refractivity contribution >= 4 is 23.6 Å². The number of halogens is 1. The molecule has 1 heterocycles. The van der Waals surface area contributed by atoms with Crippen LogP contribution in [0.3, 0.4) is 0 Å². The molecule has 0 unspecified atom stereocenters. The second kappa shape index (κ2) is 10.9. The minimum Gasteiger partial charge on any atom is -0.493 e. The fourth-order valence-corrected chi connectivity index (χ4v) is 3.79. The summed E-state index contributed by atoms with van der Waals surface area (Å²) in [5.74, 6) is 0.391. The van der Waals surface area contributed by atoms with Crippen molar-refractivity contribution in [3.05, 3.63) is 69.9 Å². The molecule has 0 radical (unpaired) electrons. The number of hydrogen-bond acceptors (Lipinski definition) is 5. The fourth-order valence-electron chi connectivity index (χ4n) is 3.53. The third kappa shape index (κ3) is 5.34. The summed E-state index contributed by atoms with van der Waals surface area (Å²) in [5.41, 5.74) is 2.37. The standard InChI is InChI=1S/C24H27ClN2O5/c1-4-9-18-21(23(28)31-5-2)22(27-24(29)26-18)16-12-19(30-3)20(13-17(16)25)32-14-15-10-7-6-8-11-15/h6-8,10-13,22H,4-5,9,14H2,1-3H3,(H2,26,27,29)/t22-/m1/s1. The summed E-state index contributed by atoms with van der Waals surface area (Å²) in [7, 11) is 1.52. The van der Waals surface area contributed by atoms with Crippen molar-refractivity contribution in [2.45, 2.75) is 39.3 Å². The van der Waals surface area contributed by atoms with Gasteiger partial charge in [0, 0.05) is 17.3 Å². The molecule has 2 amide bonds. The average molecular weight is 459 g/mol. The van der Waals surface area contributed by atoms with E-state index in [9.17, 15) is 9.59 Å². The Labute approximate surface area is 192 Å². The molecule has 0 fully saturated rings. The van der Waals surface area contributed by atoms with E-state index in [-0.39, 0.29) is 6.61 Å². The van der Waals surface area contributed by atoms with E-state index in [1.54, 1.807) is 19.1 Å². The van der Waals surface area contributed by atoms with Gasteiger partial charge in [-0.3, -0.25) is 0 Å². The van der Waals surface area contributed by atoms with Gasteiger partial charge in [0.1, 0.15) is 6.61 Å². The maximum absolute atomic E-state index is 12.8. The molecule has 0 saturated carbocycles. The molecule has 0 aromatic heterocycles. The molecular formula is C24H27ClN2O5. The molecule has 2 N–H and O–H groups in total. The number of rotatable bonds is 9. The monoisotopic (exact) mass is 458 g/mol. The molecule has 1 aliphatic heterocycles. The van der Waals surface area contributed by atoms with Gasteiger partial charge in [-0.1, -0.05) is 55.3 Å². The molecular weight excluding hydrogens is 432 g/mol. The first-order valence-electron chi connectivity index (χ1n) is 10.5. The van der Waals surface area contributed by atoms with Crippen LogP contribution in [0.1, 0.15) is 43.9 Å². The zero-order chi connectivity index (χ0) is 23.1. The normalized spacial score (nSPS) is 15.6. The van der Waals surface area contributed by atoms with E-state index in [4.69, 9.17) is 25.8 Å². The zero-order valence-electron chi connectivity index (χ0n) is 18.4. The molecule has 7 nitrogen and oxygen atoms in total. The quantitative estimate of drug-likeness (QED) is 0.522. The van der Waals surface area contributed by atoms with Gasteiger partial charge in [-0.2, -0.15) is 0 Å². The summed E-state index contributed by atoms with van der Waals surface area (Å²) in [5, 5.41) is 5.86. The van der Waals surface area contributed by atoms with E-state index in [0.717, 1.165) is 12.0 Å². The van der Waals surface area contributed by atoms with Gasteiger partial charge in [0.15, 0.2) is 11.5 Å². The van der Waals surface area contributed by atoms with Crippen LogP contribution >= 0.6 is 11.6 Å². The highest BCUT2D eigenvalue weighted by molar-refractivity contribution is 6.31.